The Hall–Kier alpha value is -1.58. The predicted octanol–water partition coefficient (Wildman–Crippen LogP) is 3.77. The van der Waals surface area contributed by atoms with Crippen molar-refractivity contribution in [3.63, 3.8) is 0 Å². The van der Waals surface area contributed by atoms with Crippen molar-refractivity contribution in [2.45, 2.75) is 64.2 Å². The van der Waals surface area contributed by atoms with Gasteiger partial charge in [-0.25, -0.2) is 9.59 Å². The highest BCUT2D eigenvalue weighted by molar-refractivity contribution is 6.02. The van der Waals surface area contributed by atoms with Crippen molar-refractivity contribution >= 4 is 11.9 Å². The Morgan fingerprint density at radius 1 is 0.591 bits per heavy atom. The molecule has 4 aliphatic rings. The van der Waals surface area contributed by atoms with Crippen molar-refractivity contribution in [3.05, 3.63) is 22.7 Å². The minimum Gasteiger partial charge on any atom is -0.418 e. The summed E-state index contributed by atoms with van der Waals surface area (Å²) >= 11 is 0. The van der Waals surface area contributed by atoms with E-state index in [2.05, 4.69) is 0 Å². The van der Waals surface area contributed by atoms with Gasteiger partial charge >= 0.3 is 11.9 Å². The van der Waals surface area contributed by atoms with Crippen LogP contribution in [0.1, 0.15) is 64.2 Å². The minimum atomic E-state index is -0.280. The summed E-state index contributed by atoms with van der Waals surface area (Å²) in [5, 5.41) is 0. The first-order valence-corrected chi connectivity index (χ1v) is 8.69. The fourth-order valence-corrected chi connectivity index (χ4v) is 4.41. The lowest BCUT2D eigenvalue weighted by Gasteiger charge is -2.22. The topological polar surface area (TPSA) is 52.6 Å². The molecular formula is C18H22O4. The maximum absolute atomic E-state index is 12.3. The number of rotatable bonds is 2. The van der Waals surface area contributed by atoms with Crippen LogP contribution in [0.2, 0.25) is 0 Å². The van der Waals surface area contributed by atoms with Crippen molar-refractivity contribution in [1.82, 2.24) is 0 Å². The highest BCUT2D eigenvalue weighted by Crippen LogP contribution is 2.46. The molecule has 118 valence electrons. The van der Waals surface area contributed by atoms with E-state index in [-0.39, 0.29) is 23.8 Å². The third kappa shape index (κ3) is 2.20. The van der Waals surface area contributed by atoms with Gasteiger partial charge in [0, 0.05) is 0 Å². The molecule has 0 atom stereocenters. The lowest BCUT2D eigenvalue weighted by molar-refractivity contribution is -0.134. The Labute approximate surface area is 130 Å². The van der Waals surface area contributed by atoms with Crippen molar-refractivity contribution in [2.24, 2.45) is 11.8 Å². The number of fused-ring (bicyclic) bond motifs is 1. The van der Waals surface area contributed by atoms with E-state index in [1.54, 1.807) is 0 Å². The average molecular weight is 302 g/mol. The van der Waals surface area contributed by atoms with Crippen LogP contribution in [0.4, 0.5) is 0 Å². The molecule has 22 heavy (non-hydrogen) atoms. The molecule has 0 radical (unpaired) electrons. The summed E-state index contributed by atoms with van der Waals surface area (Å²) in [5.41, 5.74) is 1.27. The zero-order valence-electron chi connectivity index (χ0n) is 12.9. The summed E-state index contributed by atoms with van der Waals surface area (Å²) in [6.45, 7) is 0. The molecule has 0 aromatic heterocycles. The Morgan fingerprint density at radius 2 is 0.955 bits per heavy atom. The van der Waals surface area contributed by atoms with E-state index in [0.29, 0.717) is 22.7 Å². The average Bonchev–Trinajstić information content (AvgIpc) is 3.01. The normalized spacial score (nSPS) is 27.3. The van der Waals surface area contributed by atoms with Gasteiger partial charge in [-0.05, 0) is 37.5 Å². The molecule has 0 aromatic rings. The first-order valence-electron chi connectivity index (χ1n) is 8.69. The quantitative estimate of drug-likeness (QED) is 0.729. The second-order valence-corrected chi connectivity index (χ2v) is 6.93. The lowest BCUT2D eigenvalue weighted by Crippen LogP contribution is -2.18. The largest absolute Gasteiger partial charge is 0.418 e. The van der Waals surface area contributed by atoms with Crippen LogP contribution in [0.5, 0.6) is 0 Å². The van der Waals surface area contributed by atoms with Gasteiger partial charge in [0.1, 0.15) is 0 Å². The van der Waals surface area contributed by atoms with Crippen molar-refractivity contribution < 1.29 is 19.1 Å². The molecule has 2 fully saturated rings. The van der Waals surface area contributed by atoms with Crippen LogP contribution >= 0.6 is 0 Å². The predicted molar refractivity (Wildman–Crippen MR) is 79.4 cm³/mol. The first kappa shape index (κ1) is 14.0. The van der Waals surface area contributed by atoms with Gasteiger partial charge in [0.15, 0.2) is 11.5 Å². The fraction of sp³-hybridized carbons (Fsp3) is 0.667. The number of esters is 2. The Balaban J connectivity index is 1.70. The smallest absolute Gasteiger partial charge is 0.343 e. The van der Waals surface area contributed by atoms with Crippen LogP contribution in [-0.4, -0.2) is 11.9 Å². The van der Waals surface area contributed by atoms with Gasteiger partial charge in [0.25, 0.3) is 0 Å². The van der Waals surface area contributed by atoms with Crippen LogP contribution < -0.4 is 0 Å². The minimum absolute atomic E-state index is 0.201. The number of hydrogen-bond acceptors (Lipinski definition) is 4. The molecular weight excluding hydrogens is 280 g/mol. The van der Waals surface area contributed by atoms with Gasteiger partial charge in [-0.2, -0.15) is 0 Å². The number of carbonyl (C=O) groups is 2. The summed E-state index contributed by atoms with van der Waals surface area (Å²) in [6.07, 6.45) is 11.0. The Morgan fingerprint density at radius 3 is 1.32 bits per heavy atom. The summed E-state index contributed by atoms with van der Waals surface area (Å²) < 4.78 is 11.0. The van der Waals surface area contributed by atoms with Gasteiger partial charge in [-0.15, -0.1) is 0 Å². The fourth-order valence-electron chi connectivity index (χ4n) is 4.41. The molecule has 4 heteroatoms. The zero-order chi connectivity index (χ0) is 15.1. The summed E-state index contributed by atoms with van der Waals surface area (Å²) in [5.74, 6) is 0.764. The summed E-state index contributed by atoms with van der Waals surface area (Å²) in [7, 11) is 0. The van der Waals surface area contributed by atoms with Gasteiger partial charge < -0.3 is 9.47 Å². The maximum Gasteiger partial charge on any atom is 0.343 e. The summed E-state index contributed by atoms with van der Waals surface area (Å²) in [4.78, 5) is 24.6. The van der Waals surface area contributed by atoms with Gasteiger partial charge in [-0.3, -0.25) is 0 Å². The van der Waals surface area contributed by atoms with Crippen molar-refractivity contribution in [3.8, 4) is 0 Å². The van der Waals surface area contributed by atoms with Gasteiger partial charge in [-0.1, -0.05) is 38.5 Å². The number of hydrogen-bond donors (Lipinski definition) is 0. The highest BCUT2D eigenvalue weighted by Gasteiger charge is 2.47. The summed E-state index contributed by atoms with van der Waals surface area (Å²) in [6, 6.07) is 0. The van der Waals surface area contributed by atoms with E-state index in [1.807, 2.05) is 0 Å². The van der Waals surface area contributed by atoms with E-state index < -0.39 is 0 Å². The molecule has 0 spiro atoms. The van der Waals surface area contributed by atoms with E-state index >= 15 is 0 Å². The van der Waals surface area contributed by atoms with Gasteiger partial charge in [0.2, 0.25) is 0 Å². The third-order valence-corrected chi connectivity index (χ3v) is 5.55. The molecule has 2 heterocycles. The third-order valence-electron chi connectivity index (χ3n) is 5.55. The van der Waals surface area contributed by atoms with Crippen LogP contribution in [0, 0.1) is 11.8 Å². The molecule has 0 N–H and O–H groups in total. The molecule has 0 amide bonds. The van der Waals surface area contributed by atoms with Crippen LogP contribution in [-0.2, 0) is 19.1 Å². The van der Waals surface area contributed by atoms with E-state index in [1.165, 1.54) is 12.8 Å². The Kier molecular flexibility index (Phi) is 3.55. The van der Waals surface area contributed by atoms with E-state index in [9.17, 15) is 9.59 Å². The molecule has 0 saturated heterocycles. The maximum atomic E-state index is 12.3. The lowest BCUT2D eigenvalue weighted by atomic mass is 9.82. The molecule has 4 rings (SSSR count). The van der Waals surface area contributed by atoms with E-state index in [0.717, 1.165) is 51.4 Å². The molecule has 2 aliphatic heterocycles. The molecule has 2 aliphatic carbocycles. The molecule has 0 unspecified atom stereocenters. The molecule has 0 aromatic carbocycles. The first-order chi connectivity index (χ1) is 10.8. The number of ether oxygens (including phenoxy) is 2. The second-order valence-electron chi connectivity index (χ2n) is 6.93. The monoisotopic (exact) mass is 302 g/mol. The second kappa shape index (κ2) is 5.56. The van der Waals surface area contributed by atoms with Crippen LogP contribution in [0.3, 0.4) is 0 Å². The standard InChI is InChI=1S/C18H22O4/c19-17-13(11-7-3-1-4-8-11)15-16(22-17)14(18(20)21-15)12-9-5-2-6-10-12/h11-12H,1-10H2. The van der Waals surface area contributed by atoms with Crippen LogP contribution in [0.15, 0.2) is 22.7 Å². The zero-order valence-corrected chi connectivity index (χ0v) is 12.9. The molecule has 4 nitrogen and oxygen atoms in total. The van der Waals surface area contributed by atoms with Crippen molar-refractivity contribution in [1.29, 1.82) is 0 Å². The Bertz CT molecular complexity index is 520. The van der Waals surface area contributed by atoms with Gasteiger partial charge in [0.05, 0.1) is 11.1 Å². The van der Waals surface area contributed by atoms with E-state index in [4.69, 9.17) is 9.47 Å². The molecule has 2 saturated carbocycles. The number of carbonyl (C=O) groups excluding carboxylic acids is 2. The molecule has 0 bridgehead atoms. The SMILES string of the molecule is O=C1OC2=C(C3CCCCC3)C(=O)OC2=C1C1CCCCC1. The van der Waals surface area contributed by atoms with Crippen molar-refractivity contribution in [2.75, 3.05) is 0 Å². The highest BCUT2D eigenvalue weighted by atomic mass is 16.6. The van der Waals surface area contributed by atoms with Crippen LogP contribution in [0.25, 0.3) is 0 Å².